The molecule has 0 saturated heterocycles. The van der Waals surface area contributed by atoms with E-state index in [-0.39, 0.29) is 17.7 Å². The van der Waals surface area contributed by atoms with Crippen LogP contribution in [0.1, 0.15) is 40.7 Å². The Morgan fingerprint density at radius 3 is 2.84 bits per heavy atom. The second-order valence-electron chi connectivity index (χ2n) is 7.61. The summed E-state index contributed by atoms with van der Waals surface area (Å²) < 4.78 is 3.50. The van der Waals surface area contributed by atoms with Gasteiger partial charge in [-0.05, 0) is 43.0 Å². The molecule has 160 valence electrons. The number of aromatic nitrogens is 5. The number of aryl methyl sites for hydroxylation is 4. The highest BCUT2D eigenvalue weighted by atomic mass is 16.2. The minimum atomic E-state index is -0.394. The second kappa shape index (κ2) is 8.99. The van der Waals surface area contributed by atoms with Crippen LogP contribution in [0.15, 0.2) is 53.8 Å². The lowest BCUT2D eigenvalue weighted by molar-refractivity contribution is 0.0946. The molecule has 3 heterocycles. The van der Waals surface area contributed by atoms with Gasteiger partial charge in [0.1, 0.15) is 11.9 Å². The van der Waals surface area contributed by atoms with Gasteiger partial charge >= 0.3 is 0 Å². The van der Waals surface area contributed by atoms with Gasteiger partial charge in [-0.25, -0.2) is 0 Å². The van der Waals surface area contributed by atoms with Gasteiger partial charge in [-0.15, -0.1) is 10.2 Å². The van der Waals surface area contributed by atoms with Crippen molar-refractivity contribution in [2.24, 2.45) is 0 Å². The van der Waals surface area contributed by atoms with Crippen LogP contribution in [0.25, 0.3) is 10.9 Å². The van der Waals surface area contributed by atoms with Crippen LogP contribution in [0.5, 0.6) is 0 Å². The van der Waals surface area contributed by atoms with Gasteiger partial charge in [-0.1, -0.05) is 25.1 Å². The predicted molar refractivity (Wildman–Crippen MR) is 119 cm³/mol. The monoisotopic (exact) mass is 418 g/mol. The number of carbonyl (C=O) groups is 1. The van der Waals surface area contributed by atoms with Crippen molar-refractivity contribution < 1.29 is 4.79 Å². The number of pyridine rings is 1. The molecule has 0 radical (unpaired) electrons. The molecule has 4 rings (SSSR count). The van der Waals surface area contributed by atoms with Crippen LogP contribution in [0.2, 0.25) is 0 Å². The van der Waals surface area contributed by atoms with E-state index in [9.17, 15) is 9.59 Å². The first-order chi connectivity index (χ1) is 15.1. The van der Waals surface area contributed by atoms with E-state index in [1.165, 1.54) is 0 Å². The van der Waals surface area contributed by atoms with Crippen LogP contribution in [0, 0.1) is 6.92 Å². The summed E-state index contributed by atoms with van der Waals surface area (Å²) in [5, 5.41) is 11.9. The Labute approximate surface area is 179 Å². The zero-order valence-corrected chi connectivity index (χ0v) is 17.8. The lowest BCUT2D eigenvalue weighted by atomic mass is 10.1. The summed E-state index contributed by atoms with van der Waals surface area (Å²) in [6, 6.07) is 9.89. The Morgan fingerprint density at radius 1 is 1.16 bits per heavy atom. The molecule has 0 unspecified atom stereocenters. The molecule has 0 spiro atoms. The molecule has 4 aromatic rings. The number of nitrogens with zero attached hydrogens (tertiary/aromatic N) is 4. The van der Waals surface area contributed by atoms with Crippen molar-refractivity contribution in [2.45, 2.75) is 46.3 Å². The van der Waals surface area contributed by atoms with Crippen LogP contribution in [-0.4, -0.2) is 30.2 Å². The molecular weight excluding hydrogens is 392 g/mol. The summed E-state index contributed by atoms with van der Waals surface area (Å²) in [7, 11) is 0. The molecule has 8 nitrogen and oxygen atoms in total. The van der Waals surface area contributed by atoms with E-state index in [2.05, 4.69) is 33.5 Å². The van der Waals surface area contributed by atoms with Gasteiger partial charge in [0, 0.05) is 36.4 Å². The number of rotatable bonds is 8. The first-order valence-corrected chi connectivity index (χ1v) is 10.5. The number of nitrogens with one attached hydrogen (secondary N) is 2. The van der Waals surface area contributed by atoms with Crippen molar-refractivity contribution in [3.63, 3.8) is 0 Å². The molecule has 1 aromatic carbocycles. The summed E-state index contributed by atoms with van der Waals surface area (Å²) in [5.41, 5.74) is 2.75. The molecule has 0 aliphatic heterocycles. The molecule has 2 N–H and O–H groups in total. The molecule has 0 bridgehead atoms. The fraction of sp³-hybridized carbons (Fsp3) is 0.304. The number of hydrogen-bond acceptors (Lipinski definition) is 4. The van der Waals surface area contributed by atoms with Gasteiger partial charge < -0.3 is 19.4 Å². The lowest BCUT2D eigenvalue weighted by Crippen LogP contribution is -2.34. The zero-order chi connectivity index (χ0) is 21.8. The number of benzene rings is 1. The smallest absolute Gasteiger partial charge is 0.263 e. The molecule has 8 heteroatoms. The van der Waals surface area contributed by atoms with E-state index in [4.69, 9.17) is 0 Å². The van der Waals surface area contributed by atoms with Crippen LogP contribution in [0.3, 0.4) is 0 Å². The van der Waals surface area contributed by atoms with Crippen molar-refractivity contribution in [1.29, 1.82) is 0 Å². The third-order valence-corrected chi connectivity index (χ3v) is 5.46. The highest BCUT2D eigenvalue weighted by Gasteiger charge is 2.17. The van der Waals surface area contributed by atoms with Crippen LogP contribution >= 0.6 is 0 Å². The zero-order valence-electron chi connectivity index (χ0n) is 17.8. The van der Waals surface area contributed by atoms with E-state index in [1.807, 2.05) is 35.0 Å². The summed E-state index contributed by atoms with van der Waals surface area (Å²) in [6.45, 7) is 5.34. The highest BCUT2D eigenvalue weighted by molar-refractivity contribution is 5.95. The number of H-pyrrole nitrogens is 1. The first kappa shape index (κ1) is 20.6. The Hall–Kier alpha value is -3.68. The summed E-state index contributed by atoms with van der Waals surface area (Å²) >= 11 is 0. The highest BCUT2D eigenvalue weighted by Crippen LogP contribution is 2.18. The molecular formula is C23H26N6O2. The number of hydrogen-bond donors (Lipinski definition) is 2. The average Bonchev–Trinajstić information content (AvgIpc) is 3.39. The van der Waals surface area contributed by atoms with E-state index in [0.717, 1.165) is 29.4 Å². The van der Waals surface area contributed by atoms with E-state index >= 15 is 0 Å². The minimum Gasteiger partial charge on any atom is -0.361 e. The van der Waals surface area contributed by atoms with Crippen molar-refractivity contribution in [3.05, 3.63) is 81.9 Å². The maximum atomic E-state index is 13.0. The third kappa shape index (κ3) is 4.28. The average molecular weight is 419 g/mol. The largest absolute Gasteiger partial charge is 0.361 e. The summed E-state index contributed by atoms with van der Waals surface area (Å²) in [6.07, 6.45) is 7.01. The van der Waals surface area contributed by atoms with Gasteiger partial charge in [0.05, 0.1) is 6.54 Å². The van der Waals surface area contributed by atoms with Crippen LogP contribution < -0.4 is 10.9 Å². The van der Waals surface area contributed by atoms with Gasteiger partial charge in [0.15, 0.2) is 5.82 Å². The standard InChI is InChI=1S/C23H26N6O2/c1-3-10-29-15-26-27-20(29)14-25-22(30)21-16(2)8-11-28(23(21)31)12-9-17-13-24-19-7-5-4-6-18(17)19/h4-8,11,13,15,24H,3,9-10,12,14H2,1-2H3,(H,25,30). The number of fused-ring (bicyclic) bond motifs is 1. The second-order valence-corrected chi connectivity index (χ2v) is 7.61. The Kier molecular flexibility index (Phi) is 5.97. The van der Waals surface area contributed by atoms with Gasteiger partial charge in [-0.2, -0.15) is 0 Å². The fourth-order valence-corrected chi connectivity index (χ4v) is 3.79. The van der Waals surface area contributed by atoms with Crippen molar-refractivity contribution in [1.82, 2.24) is 29.6 Å². The van der Waals surface area contributed by atoms with Crippen LogP contribution in [-0.2, 0) is 26.1 Å². The minimum absolute atomic E-state index is 0.169. The van der Waals surface area contributed by atoms with Crippen molar-refractivity contribution in [3.8, 4) is 0 Å². The van der Waals surface area contributed by atoms with Crippen LogP contribution in [0.4, 0.5) is 0 Å². The summed E-state index contributed by atoms with van der Waals surface area (Å²) in [4.78, 5) is 29.1. The van der Waals surface area contributed by atoms with E-state index < -0.39 is 5.91 Å². The topological polar surface area (TPSA) is 97.6 Å². The van der Waals surface area contributed by atoms with E-state index in [0.29, 0.717) is 24.4 Å². The third-order valence-electron chi connectivity index (χ3n) is 5.46. The maximum Gasteiger partial charge on any atom is 0.263 e. The number of para-hydroxylation sites is 1. The molecule has 0 aliphatic carbocycles. The van der Waals surface area contributed by atoms with Crippen molar-refractivity contribution >= 4 is 16.8 Å². The number of carbonyl (C=O) groups excluding carboxylic acids is 1. The van der Waals surface area contributed by atoms with Gasteiger partial charge in [0.25, 0.3) is 11.5 Å². The van der Waals surface area contributed by atoms with Gasteiger partial charge in [0.2, 0.25) is 0 Å². The fourth-order valence-electron chi connectivity index (χ4n) is 3.79. The Morgan fingerprint density at radius 2 is 2.00 bits per heavy atom. The summed E-state index contributed by atoms with van der Waals surface area (Å²) in [5.74, 6) is 0.276. The first-order valence-electron chi connectivity index (χ1n) is 10.5. The predicted octanol–water partition coefficient (Wildman–Crippen LogP) is 2.81. The molecule has 0 saturated carbocycles. The van der Waals surface area contributed by atoms with Gasteiger partial charge in [-0.3, -0.25) is 9.59 Å². The molecule has 0 atom stereocenters. The molecule has 3 aromatic heterocycles. The SMILES string of the molecule is CCCn1cnnc1CNC(=O)c1c(C)ccn(CCc2c[nH]c3ccccc23)c1=O. The van der Waals surface area contributed by atoms with E-state index in [1.54, 1.807) is 24.0 Å². The Bertz CT molecular complexity index is 1270. The quantitative estimate of drug-likeness (QED) is 0.460. The van der Waals surface area contributed by atoms with Crippen molar-refractivity contribution in [2.75, 3.05) is 0 Å². The lowest BCUT2D eigenvalue weighted by Gasteiger charge is -2.11. The normalized spacial score (nSPS) is 11.2. The number of amides is 1. The molecule has 31 heavy (non-hydrogen) atoms. The number of aromatic amines is 1. The molecule has 1 amide bonds. The maximum absolute atomic E-state index is 13.0. The molecule has 0 aliphatic rings. The Balaban J connectivity index is 1.49. The molecule has 0 fully saturated rings.